The van der Waals surface area contributed by atoms with Crippen molar-refractivity contribution < 1.29 is 14.7 Å². The van der Waals surface area contributed by atoms with Crippen LogP contribution in [-0.4, -0.2) is 36.1 Å². The highest BCUT2D eigenvalue weighted by atomic mass is 16.4. The van der Waals surface area contributed by atoms with Gasteiger partial charge in [0.05, 0.1) is 6.42 Å². The zero-order valence-corrected chi connectivity index (χ0v) is 11.1. The highest BCUT2D eigenvalue weighted by molar-refractivity contribution is 5.77. The molecule has 1 heterocycles. The van der Waals surface area contributed by atoms with Crippen molar-refractivity contribution in [2.24, 2.45) is 5.92 Å². The molecule has 2 unspecified atom stereocenters. The molecule has 0 aromatic carbocycles. The van der Waals surface area contributed by atoms with Gasteiger partial charge in [-0.15, -0.1) is 0 Å². The van der Waals surface area contributed by atoms with Gasteiger partial charge < -0.3 is 15.7 Å². The van der Waals surface area contributed by atoms with E-state index in [1.807, 2.05) is 6.92 Å². The van der Waals surface area contributed by atoms with Crippen LogP contribution in [0.2, 0.25) is 0 Å². The van der Waals surface area contributed by atoms with Gasteiger partial charge in [0.1, 0.15) is 0 Å². The number of carboxylic acid groups (broad SMARTS) is 1. The molecule has 0 radical (unpaired) electrons. The number of carboxylic acids is 1. The van der Waals surface area contributed by atoms with Crippen molar-refractivity contribution in [3.05, 3.63) is 0 Å². The second-order valence-corrected chi connectivity index (χ2v) is 5.05. The number of amides is 1. The van der Waals surface area contributed by atoms with Crippen molar-refractivity contribution in [1.82, 2.24) is 10.6 Å². The van der Waals surface area contributed by atoms with Crippen LogP contribution in [-0.2, 0) is 9.59 Å². The van der Waals surface area contributed by atoms with Gasteiger partial charge in [0, 0.05) is 12.5 Å². The van der Waals surface area contributed by atoms with Crippen molar-refractivity contribution in [3.8, 4) is 0 Å². The first-order valence-corrected chi connectivity index (χ1v) is 6.83. The van der Waals surface area contributed by atoms with Gasteiger partial charge in [-0.05, 0) is 38.3 Å². The van der Waals surface area contributed by atoms with Gasteiger partial charge in [-0.2, -0.15) is 0 Å². The molecular weight excluding hydrogens is 232 g/mol. The summed E-state index contributed by atoms with van der Waals surface area (Å²) in [4.78, 5) is 22.4. The van der Waals surface area contributed by atoms with Crippen molar-refractivity contribution in [2.75, 3.05) is 13.1 Å². The summed E-state index contributed by atoms with van der Waals surface area (Å²) in [6, 6.07) is -0.221. The van der Waals surface area contributed by atoms with Crippen molar-refractivity contribution in [3.63, 3.8) is 0 Å². The predicted molar refractivity (Wildman–Crippen MR) is 69.3 cm³/mol. The number of hydrogen-bond donors (Lipinski definition) is 3. The average molecular weight is 256 g/mol. The van der Waals surface area contributed by atoms with Crippen LogP contribution in [0.25, 0.3) is 0 Å². The lowest BCUT2D eigenvalue weighted by molar-refractivity contribution is -0.137. The highest BCUT2D eigenvalue weighted by Crippen LogP contribution is 2.14. The number of nitrogens with one attached hydrogen (secondary N) is 2. The van der Waals surface area contributed by atoms with Crippen LogP contribution < -0.4 is 10.6 Å². The molecule has 0 saturated carbocycles. The van der Waals surface area contributed by atoms with E-state index in [0.29, 0.717) is 12.3 Å². The minimum Gasteiger partial charge on any atom is -0.481 e. The van der Waals surface area contributed by atoms with Gasteiger partial charge >= 0.3 is 5.97 Å². The molecule has 1 aliphatic rings. The van der Waals surface area contributed by atoms with Crippen molar-refractivity contribution in [1.29, 1.82) is 0 Å². The summed E-state index contributed by atoms with van der Waals surface area (Å²) < 4.78 is 0. The summed E-state index contributed by atoms with van der Waals surface area (Å²) in [7, 11) is 0. The molecule has 0 aliphatic carbocycles. The third-order valence-corrected chi connectivity index (χ3v) is 3.37. The Morgan fingerprint density at radius 2 is 2.28 bits per heavy atom. The largest absolute Gasteiger partial charge is 0.481 e. The van der Waals surface area contributed by atoms with E-state index in [0.717, 1.165) is 38.8 Å². The molecule has 1 fully saturated rings. The van der Waals surface area contributed by atoms with Gasteiger partial charge in [-0.1, -0.05) is 13.3 Å². The molecule has 0 aromatic rings. The Kier molecular flexibility index (Phi) is 6.72. The third-order valence-electron chi connectivity index (χ3n) is 3.37. The minimum absolute atomic E-state index is 0.0124. The minimum atomic E-state index is -0.853. The Bertz CT molecular complexity index is 275. The first-order valence-electron chi connectivity index (χ1n) is 6.83. The Morgan fingerprint density at radius 3 is 2.83 bits per heavy atom. The fraction of sp³-hybridized carbons (Fsp3) is 0.846. The highest BCUT2D eigenvalue weighted by Gasteiger charge is 2.18. The normalized spacial score (nSPS) is 20.6. The monoisotopic (exact) mass is 256 g/mol. The Labute approximate surface area is 108 Å². The quantitative estimate of drug-likeness (QED) is 0.608. The van der Waals surface area contributed by atoms with Crippen LogP contribution in [0.3, 0.4) is 0 Å². The summed E-state index contributed by atoms with van der Waals surface area (Å²) in [5, 5.41) is 14.9. The molecule has 18 heavy (non-hydrogen) atoms. The van der Waals surface area contributed by atoms with Crippen molar-refractivity contribution in [2.45, 2.75) is 51.5 Å². The fourth-order valence-corrected chi connectivity index (χ4v) is 2.38. The van der Waals surface area contributed by atoms with Gasteiger partial charge in [-0.3, -0.25) is 9.59 Å². The maximum absolute atomic E-state index is 11.7. The first kappa shape index (κ1) is 15.0. The van der Waals surface area contributed by atoms with E-state index in [-0.39, 0.29) is 18.4 Å². The number of aliphatic carboxylic acids is 1. The fourth-order valence-electron chi connectivity index (χ4n) is 2.38. The molecule has 104 valence electrons. The molecule has 1 saturated heterocycles. The second-order valence-electron chi connectivity index (χ2n) is 5.05. The van der Waals surface area contributed by atoms with E-state index in [2.05, 4.69) is 10.6 Å². The molecule has 1 aliphatic heterocycles. The lowest BCUT2D eigenvalue weighted by Gasteiger charge is -2.16. The summed E-state index contributed by atoms with van der Waals surface area (Å²) >= 11 is 0. The SMILES string of the molecule is CCCC(CC(=O)O)NC(=O)CCC1CCNC1. The maximum Gasteiger partial charge on any atom is 0.305 e. The Balaban J connectivity index is 2.24. The average Bonchev–Trinajstić information content (AvgIpc) is 2.78. The third kappa shape index (κ3) is 6.00. The van der Waals surface area contributed by atoms with E-state index in [4.69, 9.17) is 5.11 Å². The summed E-state index contributed by atoms with van der Waals surface area (Å²) in [5.74, 6) is -0.268. The summed E-state index contributed by atoms with van der Waals surface area (Å²) in [6.45, 7) is 4.04. The van der Waals surface area contributed by atoms with E-state index >= 15 is 0 Å². The van der Waals surface area contributed by atoms with E-state index < -0.39 is 5.97 Å². The number of carbonyl (C=O) groups is 2. The Hall–Kier alpha value is -1.10. The second kappa shape index (κ2) is 8.08. The van der Waals surface area contributed by atoms with E-state index in [1.165, 1.54) is 0 Å². The van der Waals surface area contributed by atoms with Gasteiger partial charge in [-0.25, -0.2) is 0 Å². The smallest absolute Gasteiger partial charge is 0.305 e. The zero-order valence-electron chi connectivity index (χ0n) is 11.1. The number of carbonyl (C=O) groups excluding carboxylic acids is 1. The summed E-state index contributed by atoms with van der Waals surface area (Å²) in [6.07, 6.45) is 4.16. The molecule has 3 N–H and O–H groups in total. The molecule has 1 amide bonds. The predicted octanol–water partition coefficient (Wildman–Crippen LogP) is 1.14. The van der Waals surface area contributed by atoms with Crippen LogP contribution >= 0.6 is 0 Å². The lowest BCUT2D eigenvalue weighted by atomic mass is 10.0. The van der Waals surface area contributed by atoms with Gasteiger partial charge in [0.2, 0.25) is 5.91 Å². The van der Waals surface area contributed by atoms with Crippen molar-refractivity contribution >= 4 is 11.9 Å². The molecular formula is C13H24N2O3. The number of rotatable bonds is 8. The standard InChI is InChI=1S/C13H24N2O3/c1-2-3-11(8-13(17)18)15-12(16)5-4-10-6-7-14-9-10/h10-11,14H,2-9H2,1H3,(H,15,16)(H,17,18). The number of hydrogen-bond acceptors (Lipinski definition) is 3. The van der Waals surface area contributed by atoms with Gasteiger partial charge in [0.25, 0.3) is 0 Å². The van der Waals surface area contributed by atoms with E-state index in [9.17, 15) is 9.59 Å². The van der Waals surface area contributed by atoms with Gasteiger partial charge in [0.15, 0.2) is 0 Å². The van der Waals surface area contributed by atoms with Crippen LogP contribution in [0.5, 0.6) is 0 Å². The molecule has 2 atom stereocenters. The zero-order chi connectivity index (χ0) is 13.4. The molecule has 0 spiro atoms. The molecule has 0 bridgehead atoms. The summed E-state index contributed by atoms with van der Waals surface area (Å²) in [5.41, 5.74) is 0. The maximum atomic E-state index is 11.7. The van der Waals surface area contributed by atoms with E-state index in [1.54, 1.807) is 0 Å². The van der Waals surface area contributed by atoms with Crippen LogP contribution in [0.1, 0.15) is 45.4 Å². The Morgan fingerprint density at radius 1 is 1.50 bits per heavy atom. The van der Waals surface area contributed by atoms with Crippen LogP contribution in [0, 0.1) is 5.92 Å². The van der Waals surface area contributed by atoms with Crippen LogP contribution in [0.4, 0.5) is 0 Å². The lowest BCUT2D eigenvalue weighted by Crippen LogP contribution is -2.36. The molecule has 5 nitrogen and oxygen atoms in total. The first-order chi connectivity index (χ1) is 8.61. The molecule has 1 rings (SSSR count). The topological polar surface area (TPSA) is 78.4 Å². The molecule has 5 heteroatoms. The van der Waals surface area contributed by atoms with Crippen LogP contribution in [0.15, 0.2) is 0 Å². The molecule has 0 aromatic heterocycles.